The van der Waals surface area contributed by atoms with Crippen molar-refractivity contribution in [2.75, 3.05) is 4.90 Å². The zero-order valence-electron chi connectivity index (χ0n) is 38.0. The quantitative estimate of drug-likeness (QED) is 0.170. The van der Waals surface area contributed by atoms with Gasteiger partial charge in [-0.25, -0.2) is 0 Å². The number of hydrogen-bond donors (Lipinski definition) is 0. The molecule has 2 heterocycles. The molecular weight excluding hydrogens is 835 g/mol. The average Bonchev–Trinajstić information content (AvgIpc) is 4.09. The van der Waals surface area contributed by atoms with Crippen LogP contribution in [0.25, 0.3) is 84.9 Å². The molecule has 316 valence electrons. The molecule has 0 radical (unpaired) electrons. The summed E-state index contributed by atoms with van der Waals surface area (Å²) in [5.41, 5.74) is 22.4. The van der Waals surface area contributed by atoms with E-state index < -0.39 is 0 Å². The van der Waals surface area contributed by atoms with E-state index in [0.29, 0.717) is 0 Å². The first-order valence-corrected chi connectivity index (χ1v) is 25.0. The number of fused-ring (bicyclic) bond motifs is 19. The van der Waals surface area contributed by atoms with E-state index in [1.807, 2.05) is 22.7 Å². The van der Waals surface area contributed by atoms with Gasteiger partial charge in [0.2, 0.25) is 0 Å². The Hall–Kier alpha value is -6.78. The highest BCUT2D eigenvalue weighted by molar-refractivity contribution is 7.27. The molecule has 0 unspecified atom stereocenters. The SMILES string of the molecule is CC1(C)c2cc(N(c3ccccc3)c3ccc4c(c3)C(C)(C)c3c5c(c6sc7ccccc7c6c3-4)-c3ccccc3C5(C)C)ccc2-c2c1cc(-c1ccccc1)c1sc3ccccc3c21. The van der Waals surface area contributed by atoms with Crippen LogP contribution in [-0.4, -0.2) is 0 Å². The molecule has 0 N–H and O–H groups in total. The van der Waals surface area contributed by atoms with Crippen LogP contribution < -0.4 is 4.90 Å². The summed E-state index contributed by atoms with van der Waals surface area (Å²) in [7, 11) is 0. The number of rotatable bonds is 4. The van der Waals surface area contributed by atoms with Crippen LogP contribution in [0.4, 0.5) is 17.1 Å². The molecule has 9 aromatic carbocycles. The Kier molecular flexibility index (Phi) is 7.69. The molecule has 14 rings (SSSR count). The van der Waals surface area contributed by atoms with Crippen molar-refractivity contribution in [3.05, 3.63) is 209 Å². The third-order valence-electron chi connectivity index (χ3n) is 15.8. The summed E-state index contributed by atoms with van der Waals surface area (Å²) in [4.78, 5) is 2.50. The lowest BCUT2D eigenvalue weighted by molar-refractivity contribution is 0.602. The van der Waals surface area contributed by atoms with Gasteiger partial charge in [-0.15, -0.1) is 22.7 Å². The second-order valence-corrected chi connectivity index (χ2v) is 22.5. The molecule has 0 saturated carbocycles. The Bertz CT molecular complexity index is 3900. The first-order valence-electron chi connectivity index (χ1n) is 23.3. The van der Waals surface area contributed by atoms with Gasteiger partial charge in [0.05, 0.1) is 0 Å². The van der Waals surface area contributed by atoms with Gasteiger partial charge < -0.3 is 4.90 Å². The Balaban J connectivity index is 0.984. The molecule has 2 aromatic heterocycles. The lowest BCUT2D eigenvalue weighted by Crippen LogP contribution is -2.24. The molecule has 0 atom stereocenters. The molecule has 11 aromatic rings. The van der Waals surface area contributed by atoms with Crippen molar-refractivity contribution in [2.24, 2.45) is 0 Å². The highest BCUT2D eigenvalue weighted by Crippen LogP contribution is 2.65. The number of nitrogens with zero attached hydrogens (tertiary/aromatic N) is 1. The van der Waals surface area contributed by atoms with Gasteiger partial charge in [0.1, 0.15) is 0 Å². The third kappa shape index (κ3) is 4.89. The summed E-state index contributed by atoms with van der Waals surface area (Å²) >= 11 is 3.90. The van der Waals surface area contributed by atoms with E-state index in [1.165, 1.54) is 130 Å². The van der Waals surface area contributed by atoms with Crippen molar-refractivity contribution in [3.63, 3.8) is 0 Å². The van der Waals surface area contributed by atoms with Gasteiger partial charge in [0.15, 0.2) is 0 Å². The highest BCUT2D eigenvalue weighted by atomic mass is 32.1. The number of para-hydroxylation sites is 1. The van der Waals surface area contributed by atoms with Crippen molar-refractivity contribution in [3.8, 4) is 44.5 Å². The summed E-state index contributed by atoms with van der Waals surface area (Å²) in [6.07, 6.45) is 0. The average molecular weight is 882 g/mol. The molecule has 0 saturated heterocycles. The molecule has 0 bridgehead atoms. The Labute approximate surface area is 394 Å². The second kappa shape index (κ2) is 13.2. The van der Waals surface area contributed by atoms with Crippen molar-refractivity contribution in [1.82, 2.24) is 0 Å². The molecule has 66 heavy (non-hydrogen) atoms. The number of anilines is 3. The van der Waals surface area contributed by atoms with Crippen molar-refractivity contribution in [2.45, 2.75) is 57.8 Å². The Morgan fingerprint density at radius 2 is 0.848 bits per heavy atom. The van der Waals surface area contributed by atoms with E-state index in [0.717, 1.165) is 5.69 Å². The van der Waals surface area contributed by atoms with Crippen LogP contribution in [0.1, 0.15) is 74.9 Å². The fraction of sp³-hybridized carbons (Fsp3) is 0.143. The van der Waals surface area contributed by atoms with E-state index in [1.54, 1.807) is 0 Å². The third-order valence-corrected chi connectivity index (χ3v) is 18.2. The van der Waals surface area contributed by atoms with Gasteiger partial charge in [0.25, 0.3) is 0 Å². The molecular formula is C63H47NS2. The fourth-order valence-electron chi connectivity index (χ4n) is 12.7. The number of hydrogen-bond acceptors (Lipinski definition) is 3. The molecule has 1 nitrogen and oxygen atoms in total. The topological polar surface area (TPSA) is 3.24 Å². The van der Waals surface area contributed by atoms with Crippen LogP contribution in [0.2, 0.25) is 0 Å². The number of benzene rings is 9. The number of thiophene rings is 2. The molecule has 0 aliphatic heterocycles. The zero-order valence-corrected chi connectivity index (χ0v) is 39.6. The summed E-state index contributed by atoms with van der Waals surface area (Å²) in [6.45, 7) is 14.8. The maximum absolute atomic E-state index is 2.53. The van der Waals surface area contributed by atoms with Gasteiger partial charge in [0, 0.05) is 79.2 Å². The Morgan fingerprint density at radius 1 is 0.348 bits per heavy atom. The predicted molar refractivity (Wildman–Crippen MR) is 285 cm³/mol. The Morgan fingerprint density at radius 3 is 1.53 bits per heavy atom. The molecule has 3 heteroatoms. The summed E-state index contributed by atoms with van der Waals surface area (Å²) in [5.74, 6) is 0. The molecule has 0 amide bonds. The normalized spacial score (nSPS) is 15.5. The molecule has 3 aliphatic carbocycles. The largest absolute Gasteiger partial charge is 0.310 e. The van der Waals surface area contributed by atoms with E-state index >= 15 is 0 Å². The summed E-state index contributed by atoms with van der Waals surface area (Å²) in [5, 5.41) is 5.51. The smallest absolute Gasteiger partial charge is 0.0465 e. The molecule has 0 spiro atoms. The van der Waals surface area contributed by atoms with Gasteiger partial charge in [-0.05, 0) is 127 Å². The zero-order chi connectivity index (χ0) is 44.4. The van der Waals surface area contributed by atoms with Crippen LogP contribution in [0, 0.1) is 0 Å². The van der Waals surface area contributed by atoms with Crippen molar-refractivity contribution < 1.29 is 0 Å². The fourth-order valence-corrected chi connectivity index (χ4v) is 15.3. The lowest BCUT2D eigenvalue weighted by Gasteiger charge is -2.32. The minimum absolute atomic E-state index is 0.143. The van der Waals surface area contributed by atoms with E-state index in [-0.39, 0.29) is 16.2 Å². The molecule has 0 fully saturated rings. The monoisotopic (exact) mass is 881 g/mol. The minimum Gasteiger partial charge on any atom is -0.310 e. The maximum Gasteiger partial charge on any atom is 0.0465 e. The van der Waals surface area contributed by atoms with E-state index in [9.17, 15) is 0 Å². The van der Waals surface area contributed by atoms with E-state index in [4.69, 9.17) is 0 Å². The minimum atomic E-state index is -0.254. The van der Waals surface area contributed by atoms with Crippen molar-refractivity contribution >= 4 is 80.1 Å². The van der Waals surface area contributed by atoms with Gasteiger partial charge in [-0.1, -0.05) is 163 Å². The van der Waals surface area contributed by atoms with Crippen LogP contribution >= 0.6 is 22.7 Å². The van der Waals surface area contributed by atoms with Crippen LogP contribution in [-0.2, 0) is 16.2 Å². The summed E-state index contributed by atoms with van der Waals surface area (Å²) < 4.78 is 5.48. The van der Waals surface area contributed by atoms with Crippen LogP contribution in [0.5, 0.6) is 0 Å². The molecule has 3 aliphatic rings. The van der Waals surface area contributed by atoms with Crippen molar-refractivity contribution in [1.29, 1.82) is 0 Å². The first-order chi connectivity index (χ1) is 32.0. The van der Waals surface area contributed by atoms with Crippen LogP contribution in [0.15, 0.2) is 176 Å². The highest BCUT2D eigenvalue weighted by Gasteiger charge is 2.48. The maximum atomic E-state index is 2.53. The summed E-state index contributed by atoms with van der Waals surface area (Å²) in [6, 6.07) is 66.5. The second-order valence-electron chi connectivity index (χ2n) is 20.4. The van der Waals surface area contributed by atoms with Gasteiger partial charge >= 0.3 is 0 Å². The predicted octanol–water partition coefficient (Wildman–Crippen LogP) is 18.5. The standard InChI is InChI=1S/C63H47NS2/c1-61(2)47-33-38(29-31-41(47)52-49(61)35-45(36-19-9-7-10-20-36)59-54(52)43-24-14-17-27-50(43)65-59)64(37-21-11-8-12-22-37)39-30-32-42-48(34-39)63(5,6)57-53(42)55-44-25-15-18-28-51(44)66-60(55)56-40-23-13-16-26-46(40)62(3,4)58(56)57/h7-35H,1-6H3. The van der Waals surface area contributed by atoms with Gasteiger partial charge in [-0.2, -0.15) is 0 Å². The first kappa shape index (κ1) is 38.5. The van der Waals surface area contributed by atoms with Gasteiger partial charge in [-0.3, -0.25) is 0 Å². The van der Waals surface area contributed by atoms with E-state index in [2.05, 4.69) is 222 Å². The lowest BCUT2D eigenvalue weighted by atomic mass is 9.72. The van der Waals surface area contributed by atoms with Crippen LogP contribution in [0.3, 0.4) is 0 Å².